The van der Waals surface area contributed by atoms with Gasteiger partial charge in [0.05, 0.1) is 28.4 Å². The molecule has 0 radical (unpaired) electrons. The topological polar surface area (TPSA) is 64.7 Å². The van der Waals surface area contributed by atoms with Crippen LogP contribution in [0.25, 0.3) is 0 Å². The van der Waals surface area contributed by atoms with Gasteiger partial charge in [0.15, 0.2) is 23.0 Å². The Kier molecular flexibility index (Phi) is 14.5. The summed E-state index contributed by atoms with van der Waals surface area (Å²) >= 11 is 6.07. The number of likely N-dealkylation sites (tertiary alicyclic amines) is 1. The molecule has 1 N–H and O–H groups in total. The van der Waals surface area contributed by atoms with E-state index in [1.165, 1.54) is 66.6 Å². The fourth-order valence-corrected chi connectivity index (χ4v) is 10.5. The molecule has 0 saturated carbocycles. The molecule has 0 aliphatic carbocycles. The zero-order valence-corrected chi connectivity index (χ0v) is 37.2. The van der Waals surface area contributed by atoms with E-state index < -0.39 is 5.60 Å². The minimum atomic E-state index is -0.455. The summed E-state index contributed by atoms with van der Waals surface area (Å²) in [5.74, 6) is 4.69. The van der Waals surface area contributed by atoms with Crippen LogP contribution in [-0.4, -0.2) is 84.1 Å². The summed E-state index contributed by atoms with van der Waals surface area (Å²) in [5.41, 5.74) is 7.46. The van der Waals surface area contributed by atoms with Gasteiger partial charge in [-0.1, -0.05) is 67.4 Å². The summed E-state index contributed by atoms with van der Waals surface area (Å²) in [6, 6.07) is 28.7. The van der Waals surface area contributed by atoms with Crippen molar-refractivity contribution in [1.29, 1.82) is 0 Å². The highest BCUT2D eigenvalue weighted by atomic mass is 35.5. The number of hydrogen-bond acceptors (Lipinski definition) is 8. The van der Waals surface area contributed by atoms with Crippen LogP contribution in [0.1, 0.15) is 97.8 Å². The van der Waals surface area contributed by atoms with Crippen LogP contribution in [-0.2, 0) is 23.2 Å². The number of hydrogen-bond donors (Lipinski definition) is 1. The molecule has 0 unspecified atom stereocenters. The lowest BCUT2D eigenvalue weighted by atomic mass is 9.72. The first-order valence-electron chi connectivity index (χ1n) is 21.8. The van der Waals surface area contributed by atoms with E-state index in [2.05, 4.69) is 96.7 Å². The molecular weight excluding hydrogens is 758 g/mol. The van der Waals surface area contributed by atoms with Crippen LogP contribution >= 0.6 is 11.6 Å². The summed E-state index contributed by atoms with van der Waals surface area (Å²) in [6.07, 6.45) is 9.31. The number of rotatable bonds is 13. The highest BCUT2D eigenvalue weighted by Gasteiger charge is 2.40. The number of piperidine rings is 1. The van der Waals surface area contributed by atoms with Gasteiger partial charge in [0, 0.05) is 42.8 Å². The lowest BCUT2D eigenvalue weighted by Crippen LogP contribution is -2.46. The summed E-state index contributed by atoms with van der Waals surface area (Å²) in [6.45, 7) is 9.78. The Bertz CT molecular complexity index is 1980. The van der Waals surface area contributed by atoms with Crippen molar-refractivity contribution in [3.63, 3.8) is 0 Å². The predicted molar refractivity (Wildman–Crippen MR) is 239 cm³/mol. The molecule has 4 aliphatic rings. The minimum absolute atomic E-state index is 0.345. The van der Waals surface area contributed by atoms with Gasteiger partial charge in [-0.2, -0.15) is 0 Å². The Hall–Kier alpha value is -3.79. The molecular formula is C50H66ClN3O5. The van der Waals surface area contributed by atoms with Crippen molar-refractivity contribution < 1.29 is 23.7 Å². The molecule has 4 aromatic carbocycles. The Balaban J connectivity index is 0.000000192. The molecule has 0 aromatic heterocycles. The second kappa shape index (κ2) is 19.7. The minimum Gasteiger partial charge on any atom is -0.493 e. The number of ether oxygens (including phenoxy) is 5. The molecule has 4 heterocycles. The quantitative estimate of drug-likeness (QED) is 0.143. The van der Waals surface area contributed by atoms with E-state index in [-0.39, 0.29) is 0 Å². The number of nitrogens with one attached hydrogen (secondary N) is 1. The normalized spacial score (nSPS) is 23.8. The monoisotopic (exact) mass is 823 g/mol. The zero-order valence-electron chi connectivity index (χ0n) is 36.4. The van der Waals surface area contributed by atoms with Crippen molar-refractivity contribution in [3.8, 4) is 23.0 Å². The third-order valence-electron chi connectivity index (χ3n) is 13.9. The summed E-state index contributed by atoms with van der Waals surface area (Å²) in [5, 5.41) is 4.59. The van der Waals surface area contributed by atoms with Gasteiger partial charge in [-0.15, -0.1) is 0 Å². The molecule has 8 nitrogen and oxygen atoms in total. The van der Waals surface area contributed by atoms with E-state index >= 15 is 0 Å². The standard InChI is InChI=1S/C29H40N2O4.C21H26ClNO/c1-6-18-17-31-10-8-20-14-27(33-3)29(35-5)16-23(20)25(31)12-21(18)11-24-22-15-28(34-4)26(32-2)13-19(22)7-9-30-24;1-21(17-7-4-3-5-8-17,18-10-12-19(22)13-11-18)24-16-14-20-9-6-15-23(20)2/h13-16,18,21,24-25,30H,6-12,17H2,1-5H3;3-5,7-8,10-13,20H,6,9,14-16H2,1-2H3/t18-,21-,24+,25-;20-,21-/m01/s1. The first-order chi connectivity index (χ1) is 28.7. The van der Waals surface area contributed by atoms with Gasteiger partial charge in [0.25, 0.3) is 0 Å². The van der Waals surface area contributed by atoms with Crippen molar-refractivity contribution >= 4 is 11.6 Å². The second-order valence-electron chi connectivity index (χ2n) is 17.0. The maximum Gasteiger partial charge on any atom is 0.161 e. The van der Waals surface area contributed by atoms with E-state index in [4.69, 9.17) is 35.3 Å². The Labute approximate surface area is 358 Å². The van der Waals surface area contributed by atoms with E-state index in [1.54, 1.807) is 28.4 Å². The van der Waals surface area contributed by atoms with E-state index in [0.717, 1.165) is 79.0 Å². The molecule has 318 valence electrons. The van der Waals surface area contributed by atoms with Crippen LogP contribution < -0.4 is 24.3 Å². The molecule has 59 heavy (non-hydrogen) atoms. The van der Waals surface area contributed by atoms with E-state index in [1.807, 2.05) is 18.2 Å². The second-order valence-corrected chi connectivity index (χ2v) is 17.5. The SMILES string of the molecule is CC[C@H]1CN2CCc3cc(OC)c(OC)cc3[C@@H]2C[C@@H]1C[C@H]1NCCc2cc(OC)c(OC)cc21.CN1CCC[C@@H]1CCO[C@](C)(c1ccccc1)c1ccc(Cl)cc1. The summed E-state index contributed by atoms with van der Waals surface area (Å²) in [4.78, 5) is 5.17. The fraction of sp³-hybridized carbons (Fsp3) is 0.520. The molecule has 0 amide bonds. The Morgan fingerprint density at radius 2 is 1.39 bits per heavy atom. The average Bonchev–Trinajstić information content (AvgIpc) is 3.69. The van der Waals surface area contributed by atoms with Crippen LogP contribution in [0.3, 0.4) is 0 Å². The maximum atomic E-state index is 6.48. The van der Waals surface area contributed by atoms with Gasteiger partial charge in [0.2, 0.25) is 0 Å². The van der Waals surface area contributed by atoms with Gasteiger partial charge in [0.1, 0.15) is 5.60 Å². The Morgan fingerprint density at radius 3 is 2.02 bits per heavy atom. The van der Waals surface area contributed by atoms with Gasteiger partial charge in [-0.3, -0.25) is 4.90 Å². The van der Waals surface area contributed by atoms with Gasteiger partial charge in [-0.05, 0) is 154 Å². The highest BCUT2D eigenvalue weighted by molar-refractivity contribution is 6.30. The number of methoxy groups -OCH3 is 4. The van der Waals surface area contributed by atoms with Crippen LogP contribution in [0.4, 0.5) is 0 Å². The number of fused-ring (bicyclic) bond motifs is 4. The van der Waals surface area contributed by atoms with Crippen LogP contribution in [0.2, 0.25) is 5.02 Å². The molecule has 8 rings (SSSR count). The smallest absolute Gasteiger partial charge is 0.161 e. The molecule has 6 atom stereocenters. The lowest BCUT2D eigenvalue weighted by molar-refractivity contribution is -0.0117. The van der Waals surface area contributed by atoms with Gasteiger partial charge < -0.3 is 33.9 Å². The number of halogens is 1. The number of nitrogens with zero attached hydrogens (tertiary/aromatic N) is 2. The molecule has 9 heteroatoms. The first-order valence-corrected chi connectivity index (χ1v) is 22.2. The fourth-order valence-electron chi connectivity index (χ4n) is 10.3. The maximum absolute atomic E-state index is 6.48. The van der Waals surface area contributed by atoms with Crippen LogP contribution in [0.5, 0.6) is 23.0 Å². The molecule has 2 saturated heterocycles. The largest absolute Gasteiger partial charge is 0.493 e. The molecule has 4 aromatic rings. The van der Waals surface area contributed by atoms with Crippen LogP contribution in [0, 0.1) is 11.8 Å². The first kappa shape index (κ1) is 43.3. The highest BCUT2D eigenvalue weighted by Crippen LogP contribution is 2.48. The third-order valence-corrected chi connectivity index (χ3v) is 14.1. The number of benzene rings is 4. The van der Waals surface area contributed by atoms with E-state index in [0.29, 0.717) is 30.0 Å². The van der Waals surface area contributed by atoms with Gasteiger partial charge in [-0.25, -0.2) is 0 Å². The lowest BCUT2D eigenvalue weighted by Gasteiger charge is -2.48. The predicted octanol–water partition coefficient (Wildman–Crippen LogP) is 10.0. The average molecular weight is 825 g/mol. The third kappa shape index (κ3) is 9.58. The Morgan fingerprint density at radius 1 is 0.763 bits per heavy atom. The molecule has 2 fully saturated rings. The van der Waals surface area contributed by atoms with Crippen molar-refractivity contribution in [1.82, 2.24) is 15.1 Å². The zero-order chi connectivity index (χ0) is 41.5. The van der Waals surface area contributed by atoms with Crippen molar-refractivity contribution in [2.45, 2.75) is 88.9 Å². The summed E-state index contributed by atoms with van der Waals surface area (Å²) in [7, 11) is 9.11. The van der Waals surface area contributed by atoms with Crippen molar-refractivity contribution in [3.05, 3.63) is 117 Å². The summed E-state index contributed by atoms with van der Waals surface area (Å²) < 4.78 is 29.0. The van der Waals surface area contributed by atoms with Crippen molar-refractivity contribution in [2.24, 2.45) is 11.8 Å². The molecule has 4 aliphatic heterocycles. The van der Waals surface area contributed by atoms with Crippen molar-refractivity contribution in [2.75, 3.05) is 68.3 Å². The molecule has 0 spiro atoms. The van der Waals surface area contributed by atoms with E-state index in [9.17, 15) is 0 Å². The molecule has 0 bridgehead atoms. The van der Waals surface area contributed by atoms with Gasteiger partial charge >= 0.3 is 0 Å². The van der Waals surface area contributed by atoms with Crippen LogP contribution in [0.15, 0.2) is 78.9 Å².